The van der Waals surface area contributed by atoms with E-state index in [1.807, 2.05) is 24.3 Å². The van der Waals surface area contributed by atoms with Gasteiger partial charge in [-0.2, -0.15) is 0 Å². The van der Waals surface area contributed by atoms with Crippen molar-refractivity contribution in [1.29, 1.82) is 0 Å². The first-order valence-corrected chi connectivity index (χ1v) is 10.1. The summed E-state index contributed by atoms with van der Waals surface area (Å²) in [4.78, 5) is 24.5. The summed E-state index contributed by atoms with van der Waals surface area (Å²) in [5.74, 6) is -0.00485. The highest BCUT2D eigenvalue weighted by Crippen LogP contribution is 2.24. The normalized spacial score (nSPS) is 11.0. The first-order valence-electron chi connectivity index (χ1n) is 10.1. The van der Waals surface area contributed by atoms with Crippen molar-refractivity contribution in [3.8, 4) is 5.75 Å². The zero-order valence-corrected chi connectivity index (χ0v) is 18.3. The third kappa shape index (κ3) is 5.72. The molecule has 5 nitrogen and oxygen atoms in total. The summed E-state index contributed by atoms with van der Waals surface area (Å²) in [6.45, 7) is 6.93. The van der Waals surface area contributed by atoms with Crippen LogP contribution >= 0.6 is 0 Å². The predicted molar refractivity (Wildman–Crippen MR) is 122 cm³/mol. The van der Waals surface area contributed by atoms with Crippen LogP contribution in [0.2, 0.25) is 0 Å². The minimum absolute atomic E-state index is 0.103. The van der Waals surface area contributed by atoms with Crippen LogP contribution in [0.15, 0.2) is 72.8 Å². The number of ether oxygens (including phenoxy) is 2. The zero-order valence-electron chi connectivity index (χ0n) is 18.3. The number of amides is 1. The van der Waals surface area contributed by atoms with E-state index in [-0.39, 0.29) is 11.3 Å². The van der Waals surface area contributed by atoms with Crippen LogP contribution in [0.1, 0.15) is 52.6 Å². The number of hydrogen-bond acceptors (Lipinski definition) is 4. The molecule has 3 aromatic rings. The van der Waals surface area contributed by atoms with Gasteiger partial charge in [-0.05, 0) is 52.9 Å². The van der Waals surface area contributed by atoms with Gasteiger partial charge in [0.2, 0.25) is 0 Å². The van der Waals surface area contributed by atoms with E-state index in [1.54, 1.807) is 36.4 Å². The van der Waals surface area contributed by atoms with E-state index in [2.05, 4.69) is 38.2 Å². The number of benzene rings is 3. The number of esters is 1. The Bertz CT molecular complexity index is 1050. The van der Waals surface area contributed by atoms with Crippen molar-refractivity contribution in [2.75, 3.05) is 12.4 Å². The van der Waals surface area contributed by atoms with Crippen LogP contribution < -0.4 is 10.1 Å². The van der Waals surface area contributed by atoms with Crippen LogP contribution in [0.5, 0.6) is 5.75 Å². The average Bonchev–Trinajstić information content (AvgIpc) is 2.77. The highest BCUT2D eigenvalue weighted by molar-refractivity contribution is 6.08. The van der Waals surface area contributed by atoms with Crippen LogP contribution in [0.25, 0.3) is 0 Å². The van der Waals surface area contributed by atoms with Crippen LogP contribution in [-0.4, -0.2) is 19.0 Å². The van der Waals surface area contributed by atoms with E-state index in [9.17, 15) is 9.59 Å². The molecule has 0 radical (unpaired) electrons. The minimum atomic E-state index is -0.501. The molecule has 160 valence electrons. The molecule has 0 aromatic heterocycles. The largest absolute Gasteiger partial charge is 0.489 e. The molecular formula is C26H27NO4. The summed E-state index contributed by atoms with van der Waals surface area (Å²) in [5, 5.41) is 2.77. The SMILES string of the molecule is COC(=O)c1ccccc1NC(=O)c1ccc(COc2ccc(C(C)(C)C)cc2)cc1. The Morgan fingerprint density at radius 3 is 2.13 bits per heavy atom. The average molecular weight is 418 g/mol. The molecule has 0 unspecified atom stereocenters. The highest BCUT2D eigenvalue weighted by atomic mass is 16.5. The van der Waals surface area contributed by atoms with Crippen LogP contribution in [-0.2, 0) is 16.8 Å². The molecule has 0 heterocycles. The van der Waals surface area contributed by atoms with Gasteiger partial charge >= 0.3 is 5.97 Å². The molecular weight excluding hydrogens is 390 g/mol. The van der Waals surface area contributed by atoms with Gasteiger partial charge in [-0.15, -0.1) is 0 Å². The zero-order chi connectivity index (χ0) is 22.4. The fourth-order valence-corrected chi connectivity index (χ4v) is 3.04. The van der Waals surface area contributed by atoms with E-state index in [1.165, 1.54) is 12.7 Å². The Labute approximate surface area is 183 Å². The van der Waals surface area contributed by atoms with E-state index >= 15 is 0 Å². The molecule has 0 fully saturated rings. The maximum atomic E-state index is 12.6. The lowest BCUT2D eigenvalue weighted by Gasteiger charge is -2.19. The molecule has 0 aliphatic heterocycles. The van der Waals surface area contributed by atoms with E-state index in [4.69, 9.17) is 9.47 Å². The Morgan fingerprint density at radius 2 is 1.52 bits per heavy atom. The molecule has 0 saturated heterocycles. The van der Waals surface area contributed by atoms with Gasteiger partial charge in [0.05, 0.1) is 18.4 Å². The number of rotatable bonds is 6. The number of carbonyl (C=O) groups is 2. The molecule has 0 saturated carbocycles. The van der Waals surface area contributed by atoms with Crippen molar-refractivity contribution in [2.45, 2.75) is 32.8 Å². The lowest BCUT2D eigenvalue weighted by atomic mass is 9.87. The van der Waals surface area contributed by atoms with Gasteiger partial charge in [0.1, 0.15) is 12.4 Å². The topological polar surface area (TPSA) is 64.6 Å². The second kappa shape index (κ2) is 9.47. The smallest absolute Gasteiger partial charge is 0.339 e. The Hall–Kier alpha value is -3.60. The van der Waals surface area contributed by atoms with Crippen LogP contribution in [0, 0.1) is 0 Å². The van der Waals surface area contributed by atoms with Gasteiger partial charge < -0.3 is 14.8 Å². The van der Waals surface area contributed by atoms with Gasteiger partial charge in [-0.1, -0.05) is 57.2 Å². The van der Waals surface area contributed by atoms with Crippen molar-refractivity contribution in [1.82, 2.24) is 0 Å². The molecule has 5 heteroatoms. The number of carbonyl (C=O) groups excluding carboxylic acids is 2. The van der Waals surface area contributed by atoms with Gasteiger partial charge in [-0.25, -0.2) is 4.79 Å². The summed E-state index contributed by atoms with van der Waals surface area (Å²) < 4.78 is 10.6. The van der Waals surface area contributed by atoms with Gasteiger partial charge in [0.25, 0.3) is 5.91 Å². The third-order valence-electron chi connectivity index (χ3n) is 4.92. The molecule has 0 bridgehead atoms. The molecule has 31 heavy (non-hydrogen) atoms. The molecule has 3 rings (SSSR count). The molecule has 1 amide bonds. The monoisotopic (exact) mass is 417 g/mol. The number of nitrogens with one attached hydrogen (secondary N) is 1. The molecule has 0 spiro atoms. The Balaban J connectivity index is 1.61. The highest BCUT2D eigenvalue weighted by Gasteiger charge is 2.15. The summed E-state index contributed by atoms with van der Waals surface area (Å²) >= 11 is 0. The number of anilines is 1. The predicted octanol–water partition coefficient (Wildman–Crippen LogP) is 5.60. The van der Waals surface area contributed by atoms with Crippen molar-refractivity contribution in [2.24, 2.45) is 0 Å². The Morgan fingerprint density at radius 1 is 0.871 bits per heavy atom. The lowest BCUT2D eigenvalue weighted by molar-refractivity contribution is 0.0602. The molecule has 0 aliphatic rings. The van der Waals surface area contributed by atoms with E-state index < -0.39 is 5.97 Å². The quantitative estimate of drug-likeness (QED) is 0.530. The van der Waals surface area contributed by atoms with Crippen molar-refractivity contribution < 1.29 is 19.1 Å². The van der Waals surface area contributed by atoms with Crippen molar-refractivity contribution in [3.63, 3.8) is 0 Å². The second-order valence-corrected chi connectivity index (χ2v) is 8.25. The van der Waals surface area contributed by atoms with Crippen LogP contribution in [0.4, 0.5) is 5.69 Å². The minimum Gasteiger partial charge on any atom is -0.489 e. The fourth-order valence-electron chi connectivity index (χ4n) is 3.04. The third-order valence-corrected chi connectivity index (χ3v) is 4.92. The van der Waals surface area contributed by atoms with Crippen LogP contribution in [0.3, 0.4) is 0 Å². The first kappa shape index (κ1) is 22.1. The molecule has 1 N–H and O–H groups in total. The van der Waals surface area contributed by atoms with E-state index in [0.717, 1.165) is 11.3 Å². The Kier molecular flexibility index (Phi) is 6.75. The van der Waals surface area contributed by atoms with Gasteiger partial charge in [0, 0.05) is 5.56 Å². The number of methoxy groups -OCH3 is 1. The van der Waals surface area contributed by atoms with Gasteiger partial charge in [-0.3, -0.25) is 4.79 Å². The summed E-state index contributed by atoms with van der Waals surface area (Å²) in [6.07, 6.45) is 0. The maximum Gasteiger partial charge on any atom is 0.339 e. The first-order chi connectivity index (χ1) is 14.8. The number of para-hydroxylation sites is 1. The van der Waals surface area contributed by atoms with Crippen molar-refractivity contribution in [3.05, 3.63) is 95.1 Å². The summed E-state index contributed by atoms with van der Waals surface area (Å²) in [5.41, 5.74) is 3.51. The number of hydrogen-bond donors (Lipinski definition) is 1. The molecule has 3 aromatic carbocycles. The second-order valence-electron chi connectivity index (χ2n) is 8.25. The standard InChI is InChI=1S/C26H27NO4/c1-26(2,3)20-13-15-21(16-14-20)31-17-18-9-11-19(12-10-18)24(28)27-23-8-6-5-7-22(23)25(29)30-4/h5-16H,17H2,1-4H3,(H,27,28). The lowest BCUT2D eigenvalue weighted by Crippen LogP contribution is -2.15. The summed E-state index contributed by atoms with van der Waals surface area (Å²) in [6, 6.07) is 22.0. The maximum absolute atomic E-state index is 12.6. The van der Waals surface area contributed by atoms with Gasteiger partial charge in [0.15, 0.2) is 0 Å². The van der Waals surface area contributed by atoms with E-state index in [0.29, 0.717) is 23.4 Å². The molecule has 0 atom stereocenters. The molecule has 0 aliphatic carbocycles. The summed E-state index contributed by atoms with van der Waals surface area (Å²) in [7, 11) is 1.31. The van der Waals surface area contributed by atoms with Crippen molar-refractivity contribution >= 4 is 17.6 Å². The fraction of sp³-hybridized carbons (Fsp3) is 0.231.